The third kappa shape index (κ3) is 3.48. The normalized spacial score (nSPS) is 12.1. The van der Waals surface area contributed by atoms with E-state index in [9.17, 15) is 4.79 Å². The van der Waals surface area contributed by atoms with Gasteiger partial charge in [-0.15, -0.1) is 0 Å². The molecule has 1 aromatic carbocycles. The van der Waals surface area contributed by atoms with E-state index < -0.39 is 6.04 Å². The van der Waals surface area contributed by atoms with Gasteiger partial charge >= 0.3 is 5.97 Å². The van der Waals surface area contributed by atoms with E-state index in [1.54, 1.807) is 0 Å². The molecule has 0 aliphatic carbocycles. The summed E-state index contributed by atoms with van der Waals surface area (Å²) < 4.78 is 7.09. The van der Waals surface area contributed by atoms with Crippen LogP contribution in [0.3, 0.4) is 0 Å². The zero-order valence-corrected chi connectivity index (χ0v) is 11.9. The highest BCUT2D eigenvalue weighted by Crippen LogP contribution is 2.16. The summed E-state index contributed by atoms with van der Waals surface area (Å²) in [6, 6.07) is 13.4. The fourth-order valence-electron chi connectivity index (χ4n) is 2.12. The molecule has 0 spiro atoms. The van der Waals surface area contributed by atoms with Gasteiger partial charge in [0.25, 0.3) is 0 Å². The molecule has 106 valence electrons. The average molecular weight is 272 g/mol. The van der Waals surface area contributed by atoms with Crippen molar-refractivity contribution in [3.63, 3.8) is 0 Å². The predicted molar refractivity (Wildman–Crippen MR) is 78.1 cm³/mol. The fourth-order valence-corrected chi connectivity index (χ4v) is 2.12. The first kappa shape index (κ1) is 14.3. The molecule has 20 heavy (non-hydrogen) atoms. The van der Waals surface area contributed by atoms with Crippen LogP contribution in [0, 0.1) is 0 Å². The minimum Gasteiger partial charge on any atom is -0.465 e. The van der Waals surface area contributed by atoms with Crippen LogP contribution in [0.15, 0.2) is 48.7 Å². The number of hydrogen-bond acceptors (Lipinski definition) is 3. The zero-order chi connectivity index (χ0) is 14.4. The van der Waals surface area contributed by atoms with E-state index in [1.807, 2.05) is 67.2 Å². The van der Waals surface area contributed by atoms with E-state index in [1.165, 1.54) is 0 Å². The molecule has 0 bridgehead atoms. The lowest BCUT2D eigenvalue weighted by Crippen LogP contribution is -2.31. The van der Waals surface area contributed by atoms with Gasteiger partial charge in [-0.05, 0) is 24.6 Å². The van der Waals surface area contributed by atoms with Gasteiger partial charge in [0.2, 0.25) is 0 Å². The SMILES string of the molecule is CCOC(=O)C(NCc1ccccc1)c1cccn1C. The summed E-state index contributed by atoms with van der Waals surface area (Å²) in [6.45, 7) is 2.82. The van der Waals surface area contributed by atoms with E-state index in [0.29, 0.717) is 13.2 Å². The highest BCUT2D eigenvalue weighted by atomic mass is 16.5. The molecule has 4 nitrogen and oxygen atoms in total. The second-order valence-electron chi connectivity index (χ2n) is 4.60. The van der Waals surface area contributed by atoms with Gasteiger partial charge < -0.3 is 9.30 Å². The van der Waals surface area contributed by atoms with Crippen molar-refractivity contribution in [1.82, 2.24) is 9.88 Å². The fraction of sp³-hybridized carbons (Fsp3) is 0.312. The Morgan fingerprint density at radius 2 is 2.00 bits per heavy atom. The number of nitrogens with one attached hydrogen (secondary N) is 1. The number of aromatic nitrogens is 1. The number of esters is 1. The first-order valence-corrected chi connectivity index (χ1v) is 6.77. The van der Waals surface area contributed by atoms with Gasteiger partial charge in [-0.2, -0.15) is 0 Å². The quantitative estimate of drug-likeness (QED) is 0.821. The van der Waals surface area contributed by atoms with Crippen LogP contribution in [0.2, 0.25) is 0 Å². The van der Waals surface area contributed by atoms with Gasteiger partial charge in [-0.3, -0.25) is 5.32 Å². The number of hydrogen-bond donors (Lipinski definition) is 1. The molecular formula is C16H20N2O2. The topological polar surface area (TPSA) is 43.3 Å². The molecule has 1 N–H and O–H groups in total. The van der Waals surface area contributed by atoms with E-state index >= 15 is 0 Å². The monoisotopic (exact) mass is 272 g/mol. The maximum absolute atomic E-state index is 12.1. The Balaban J connectivity index is 2.11. The van der Waals surface area contributed by atoms with Crippen molar-refractivity contribution in [3.8, 4) is 0 Å². The highest BCUT2D eigenvalue weighted by Gasteiger charge is 2.23. The molecule has 0 saturated carbocycles. The lowest BCUT2D eigenvalue weighted by Gasteiger charge is -2.18. The van der Waals surface area contributed by atoms with Crippen molar-refractivity contribution in [2.24, 2.45) is 7.05 Å². The molecule has 1 aromatic heterocycles. The van der Waals surface area contributed by atoms with Crippen LogP contribution < -0.4 is 5.32 Å². The first-order chi connectivity index (χ1) is 9.72. The maximum Gasteiger partial charge on any atom is 0.329 e. The van der Waals surface area contributed by atoms with Crippen LogP contribution in [0.4, 0.5) is 0 Å². The molecule has 0 aliphatic heterocycles. The van der Waals surface area contributed by atoms with E-state index in [-0.39, 0.29) is 5.97 Å². The van der Waals surface area contributed by atoms with Crippen molar-refractivity contribution in [1.29, 1.82) is 0 Å². The van der Waals surface area contributed by atoms with Crippen LogP contribution in [0.25, 0.3) is 0 Å². The van der Waals surface area contributed by atoms with Gasteiger partial charge in [0.1, 0.15) is 6.04 Å². The number of rotatable bonds is 6. The average Bonchev–Trinajstić information content (AvgIpc) is 2.87. The number of nitrogens with zero attached hydrogens (tertiary/aromatic N) is 1. The molecule has 0 saturated heterocycles. The maximum atomic E-state index is 12.1. The number of aryl methyl sites for hydroxylation is 1. The number of carbonyl (C=O) groups is 1. The third-order valence-corrected chi connectivity index (χ3v) is 3.16. The van der Waals surface area contributed by atoms with Gasteiger partial charge in [-0.1, -0.05) is 30.3 Å². The van der Waals surface area contributed by atoms with Crippen molar-refractivity contribution in [2.75, 3.05) is 6.61 Å². The number of benzene rings is 1. The number of carbonyl (C=O) groups excluding carboxylic acids is 1. The Bertz CT molecular complexity index is 549. The van der Waals surface area contributed by atoms with E-state index in [2.05, 4.69) is 5.32 Å². The second kappa shape index (κ2) is 6.91. The molecule has 1 heterocycles. The Morgan fingerprint density at radius 3 is 2.60 bits per heavy atom. The van der Waals surface area contributed by atoms with E-state index in [0.717, 1.165) is 11.3 Å². The summed E-state index contributed by atoms with van der Waals surface area (Å²) in [5.41, 5.74) is 2.04. The van der Waals surface area contributed by atoms with Crippen LogP contribution >= 0.6 is 0 Å². The van der Waals surface area contributed by atoms with Crippen LogP contribution in [-0.4, -0.2) is 17.1 Å². The third-order valence-electron chi connectivity index (χ3n) is 3.16. The van der Waals surface area contributed by atoms with Crippen LogP contribution in [0.1, 0.15) is 24.2 Å². The minimum absolute atomic E-state index is 0.245. The molecule has 0 radical (unpaired) electrons. The molecule has 2 rings (SSSR count). The van der Waals surface area contributed by atoms with Gasteiger partial charge in [0.05, 0.1) is 6.61 Å². The zero-order valence-electron chi connectivity index (χ0n) is 11.9. The predicted octanol–water partition coefficient (Wildman–Crippen LogP) is 2.42. The second-order valence-corrected chi connectivity index (χ2v) is 4.60. The Kier molecular flexibility index (Phi) is 4.96. The van der Waals surface area contributed by atoms with Crippen molar-refractivity contribution < 1.29 is 9.53 Å². The van der Waals surface area contributed by atoms with Crippen molar-refractivity contribution in [3.05, 3.63) is 59.9 Å². The first-order valence-electron chi connectivity index (χ1n) is 6.77. The molecule has 0 fully saturated rings. The largest absolute Gasteiger partial charge is 0.465 e. The standard InChI is InChI=1S/C16H20N2O2/c1-3-20-16(19)15(14-10-7-11-18(14)2)17-12-13-8-5-4-6-9-13/h4-11,15,17H,3,12H2,1-2H3. The molecule has 0 aliphatic rings. The number of ether oxygens (including phenoxy) is 1. The Morgan fingerprint density at radius 1 is 1.25 bits per heavy atom. The van der Waals surface area contributed by atoms with Gasteiger partial charge in [0, 0.05) is 25.5 Å². The van der Waals surface area contributed by atoms with Crippen molar-refractivity contribution >= 4 is 5.97 Å². The molecule has 0 amide bonds. The Hall–Kier alpha value is -2.07. The summed E-state index contributed by atoms with van der Waals surface area (Å²) >= 11 is 0. The summed E-state index contributed by atoms with van der Waals surface area (Å²) in [7, 11) is 1.92. The highest BCUT2D eigenvalue weighted by molar-refractivity contribution is 5.77. The van der Waals surface area contributed by atoms with Gasteiger partial charge in [0.15, 0.2) is 0 Å². The van der Waals surface area contributed by atoms with Crippen molar-refractivity contribution in [2.45, 2.75) is 19.5 Å². The molecule has 1 unspecified atom stereocenters. The molecule has 1 atom stereocenters. The van der Waals surface area contributed by atoms with Crippen LogP contribution in [0.5, 0.6) is 0 Å². The minimum atomic E-state index is -0.449. The smallest absolute Gasteiger partial charge is 0.329 e. The summed E-state index contributed by atoms with van der Waals surface area (Å²) in [5, 5.41) is 3.27. The summed E-state index contributed by atoms with van der Waals surface area (Å²) in [5.74, 6) is -0.245. The Labute approximate surface area is 119 Å². The van der Waals surface area contributed by atoms with Gasteiger partial charge in [-0.25, -0.2) is 4.79 Å². The molecular weight excluding hydrogens is 252 g/mol. The summed E-state index contributed by atoms with van der Waals surface area (Å²) in [4.78, 5) is 12.1. The lowest BCUT2D eigenvalue weighted by atomic mass is 10.1. The molecule has 4 heteroatoms. The van der Waals surface area contributed by atoms with E-state index in [4.69, 9.17) is 4.74 Å². The molecule has 2 aromatic rings. The summed E-state index contributed by atoms with van der Waals surface area (Å²) in [6.07, 6.45) is 1.92. The van der Waals surface area contributed by atoms with Crippen LogP contribution in [-0.2, 0) is 23.1 Å². The lowest BCUT2D eigenvalue weighted by molar-refractivity contribution is -0.146.